The first-order valence-electron chi connectivity index (χ1n) is 6.11. The van der Waals surface area contributed by atoms with Gasteiger partial charge >= 0.3 is 12.1 Å². The first-order chi connectivity index (χ1) is 9.36. The van der Waals surface area contributed by atoms with Crippen molar-refractivity contribution < 1.29 is 22.8 Å². The lowest BCUT2D eigenvalue weighted by molar-refractivity contribution is -0.167. The van der Waals surface area contributed by atoms with Gasteiger partial charge in [-0.15, -0.1) is 0 Å². The van der Waals surface area contributed by atoms with Gasteiger partial charge in [0.25, 0.3) is 0 Å². The third kappa shape index (κ3) is 3.97. The van der Waals surface area contributed by atoms with Crippen LogP contribution in [0.5, 0.6) is 0 Å². The van der Waals surface area contributed by atoms with Gasteiger partial charge in [-0.2, -0.15) is 13.2 Å². The monoisotopic (exact) mass is 286 g/mol. The lowest BCUT2D eigenvalue weighted by atomic mass is 10.2. The van der Waals surface area contributed by atoms with Gasteiger partial charge in [0.1, 0.15) is 0 Å². The van der Waals surface area contributed by atoms with Crippen LogP contribution in [0.3, 0.4) is 0 Å². The summed E-state index contributed by atoms with van der Waals surface area (Å²) in [4.78, 5) is 22.2. The molecule has 0 radical (unpaired) electrons. The molecule has 2 N–H and O–H groups in total. The first kappa shape index (κ1) is 14.4. The highest BCUT2D eigenvalue weighted by Crippen LogP contribution is 2.28. The van der Waals surface area contributed by atoms with E-state index >= 15 is 0 Å². The second kappa shape index (κ2) is 5.52. The minimum Gasteiger partial charge on any atom is -0.352 e. The van der Waals surface area contributed by atoms with Crippen LogP contribution in [0.1, 0.15) is 18.4 Å². The molecule has 0 atom stereocenters. The summed E-state index contributed by atoms with van der Waals surface area (Å²) in [5.74, 6) is -1.99. The molecule has 108 valence electrons. The molecule has 4 nitrogen and oxygen atoms in total. The highest BCUT2D eigenvalue weighted by atomic mass is 19.4. The van der Waals surface area contributed by atoms with E-state index in [-0.39, 0.29) is 24.1 Å². The van der Waals surface area contributed by atoms with E-state index in [1.54, 1.807) is 11.4 Å². The Hall–Kier alpha value is -2.05. The number of anilines is 1. The number of benzene rings is 1. The summed E-state index contributed by atoms with van der Waals surface area (Å²) in [6.07, 6.45) is -3.16. The molecule has 0 aromatic heterocycles. The van der Waals surface area contributed by atoms with Crippen LogP contribution in [0.25, 0.3) is 0 Å². The van der Waals surface area contributed by atoms with Gasteiger partial charge in [-0.05, 0) is 30.5 Å². The number of rotatable bonds is 4. The third-order valence-corrected chi connectivity index (χ3v) is 2.86. The summed E-state index contributed by atoms with van der Waals surface area (Å²) >= 11 is 0. The van der Waals surface area contributed by atoms with Gasteiger partial charge in [0.2, 0.25) is 5.91 Å². The van der Waals surface area contributed by atoms with Crippen molar-refractivity contribution in [1.29, 1.82) is 0 Å². The molecule has 0 heterocycles. The Morgan fingerprint density at radius 3 is 2.55 bits per heavy atom. The van der Waals surface area contributed by atoms with Crippen LogP contribution in [0.2, 0.25) is 0 Å². The van der Waals surface area contributed by atoms with Crippen LogP contribution in [0.4, 0.5) is 18.9 Å². The molecule has 7 heteroatoms. The second-order valence-corrected chi connectivity index (χ2v) is 4.64. The van der Waals surface area contributed by atoms with E-state index in [0.29, 0.717) is 5.56 Å². The molecular weight excluding hydrogens is 273 g/mol. The van der Waals surface area contributed by atoms with E-state index in [1.807, 2.05) is 0 Å². The molecule has 0 unspecified atom stereocenters. The van der Waals surface area contributed by atoms with Gasteiger partial charge in [0.05, 0.1) is 0 Å². The summed E-state index contributed by atoms with van der Waals surface area (Å²) in [6, 6.07) is 5.94. The van der Waals surface area contributed by atoms with E-state index in [1.165, 1.54) is 18.2 Å². The Morgan fingerprint density at radius 2 is 1.95 bits per heavy atom. The molecule has 20 heavy (non-hydrogen) atoms. The maximum absolute atomic E-state index is 12.1. The number of amides is 2. The van der Waals surface area contributed by atoms with Crippen LogP contribution in [-0.4, -0.2) is 18.0 Å². The highest BCUT2D eigenvalue weighted by molar-refractivity contribution is 5.94. The van der Waals surface area contributed by atoms with Gasteiger partial charge in [-0.1, -0.05) is 12.1 Å². The van der Waals surface area contributed by atoms with E-state index < -0.39 is 12.1 Å². The summed E-state index contributed by atoms with van der Waals surface area (Å²) in [5.41, 5.74) is 0.671. The second-order valence-electron chi connectivity index (χ2n) is 4.64. The van der Waals surface area contributed by atoms with Crippen molar-refractivity contribution in [2.45, 2.75) is 25.6 Å². The SMILES string of the molecule is O=C(NCc1cccc(NC(=O)C(F)(F)F)c1)C1CC1. The molecule has 1 aliphatic carbocycles. The average Bonchev–Trinajstić information content (AvgIpc) is 3.19. The zero-order chi connectivity index (χ0) is 14.8. The Bertz CT molecular complexity index is 525. The lowest BCUT2D eigenvalue weighted by Crippen LogP contribution is -2.30. The summed E-state index contributed by atoms with van der Waals surface area (Å²) in [7, 11) is 0. The molecule has 1 saturated carbocycles. The average molecular weight is 286 g/mol. The topological polar surface area (TPSA) is 58.2 Å². The first-order valence-corrected chi connectivity index (χ1v) is 6.11. The lowest BCUT2D eigenvalue weighted by Gasteiger charge is -2.10. The maximum atomic E-state index is 12.1. The molecule has 0 spiro atoms. The smallest absolute Gasteiger partial charge is 0.352 e. The van der Waals surface area contributed by atoms with Gasteiger partial charge < -0.3 is 10.6 Å². The molecule has 2 rings (SSSR count). The number of hydrogen-bond donors (Lipinski definition) is 2. The molecule has 0 aliphatic heterocycles. The predicted octanol–water partition coefficient (Wildman–Crippen LogP) is 2.21. The zero-order valence-corrected chi connectivity index (χ0v) is 10.5. The Balaban J connectivity index is 1.93. The quantitative estimate of drug-likeness (QED) is 0.891. The Labute approximate surface area is 113 Å². The van der Waals surface area contributed by atoms with Crippen molar-refractivity contribution >= 4 is 17.5 Å². The van der Waals surface area contributed by atoms with Crippen molar-refractivity contribution in [3.63, 3.8) is 0 Å². The fourth-order valence-electron chi connectivity index (χ4n) is 1.64. The fourth-order valence-corrected chi connectivity index (χ4v) is 1.64. The van der Waals surface area contributed by atoms with Gasteiger partial charge in [0.15, 0.2) is 0 Å². The van der Waals surface area contributed by atoms with E-state index in [0.717, 1.165) is 12.8 Å². The summed E-state index contributed by atoms with van der Waals surface area (Å²) < 4.78 is 36.3. The maximum Gasteiger partial charge on any atom is 0.471 e. The van der Waals surface area contributed by atoms with Crippen LogP contribution in [0, 0.1) is 5.92 Å². The number of alkyl halides is 3. The fraction of sp³-hybridized carbons (Fsp3) is 0.385. The Morgan fingerprint density at radius 1 is 1.25 bits per heavy atom. The van der Waals surface area contributed by atoms with E-state index in [4.69, 9.17) is 0 Å². The summed E-state index contributed by atoms with van der Waals surface area (Å²) in [6.45, 7) is 0.227. The molecule has 0 bridgehead atoms. The van der Waals surface area contributed by atoms with Crippen molar-refractivity contribution in [1.82, 2.24) is 5.32 Å². The third-order valence-electron chi connectivity index (χ3n) is 2.86. The molecule has 2 amide bonds. The highest BCUT2D eigenvalue weighted by Gasteiger charge is 2.38. The number of halogens is 3. The van der Waals surface area contributed by atoms with Gasteiger partial charge in [-0.3, -0.25) is 9.59 Å². The molecule has 1 aromatic rings. The normalized spacial score (nSPS) is 14.8. The van der Waals surface area contributed by atoms with Gasteiger partial charge in [-0.25, -0.2) is 0 Å². The van der Waals surface area contributed by atoms with Crippen LogP contribution >= 0.6 is 0 Å². The van der Waals surface area contributed by atoms with Crippen LogP contribution < -0.4 is 10.6 Å². The van der Waals surface area contributed by atoms with E-state index in [2.05, 4.69) is 5.32 Å². The number of hydrogen-bond acceptors (Lipinski definition) is 2. The van der Waals surface area contributed by atoms with Crippen molar-refractivity contribution in [2.24, 2.45) is 5.92 Å². The Kier molecular flexibility index (Phi) is 3.96. The largest absolute Gasteiger partial charge is 0.471 e. The number of nitrogens with one attached hydrogen (secondary N) is 2. The molecule has 0 saturated heterocycles. The van der Waals surface area contributed by atoms with Crippen LogP contribution in [-0.2, 0) is 16.1 Å². The van der Waals surface area contributed by atoms with Crippen molar-refractivity contribution in [2.75, 3.05) is 5.32 Å². The molecule has 1 aromatic carbocycles. The van der Waals surface area contributed by atoms with Crippen molar-refractivity contribution in [3.05, 3.63) is 29.8 Å². The van der Waals surface area contributed by atoms with Gasteiger partial charge in [0, 0.05) is 18.2 Å². The van der Waals surface area contributed by atoms with Crippen LogP contribution in [0.15, 0.2) is 24.3 Å². The summed E-state index contributed by atoms with van der Waals surface area (Å²) in [5, 5.41) is 4.47. The molecular formula is C13H13F3N2O2. The number of carbonyl (C=O) groups excluding carboxylic acids is 2. The number of carbonyl (C=O) groups is 2. The standard InChI is InChI=1S/C13H13F3N2O2/c14-13(15,16)12(20)18-10-3-1-2-8(6-10)7-17-11(19)9-4-5-9/h1-3,6,9H,4-5,7H2,(H,17,19)(H,18,20). The minimum atomic E-state index is -4.92. The zero-order valence-electron chi connectivity index (χ0n) is 10.5. The van der Waals surface area contributed by atoms with Crippen molar-refractivity contribution in [3.8, 4) is 0 Å². The van der Waals surface area contributed by atoms with E-state index in [9.17, 15) is 22.8 Å². The molecule has 1 fully saturated rings. The predicted molar refractivity (Wildman–Crippen MR) is 65.7 cm³/mol. The molecule has 1 aliphatic rings. The minimum absolute atomic E-state index is 0.0465.